The number of nitrogens with one attached hydrogen (secondary N) is 3. The molecule has 0 saturated carbocycles. The van der Waals surface area contributed by atoms with Crippen molar-refractivity contribution >= 4 is 34.6 Å². The predicted molar refractivity (Wildman–Crippen MR) is 110 cm³/mol. The number of benzene rings is 3. The van der Waals surface area contributed by atoms with Crippen molar-refractivity contribution in [1.82, 2.24) is 5.01 Å². The van der Waals surface area contributed by atoms with Gasteiger partial charge in [-0.25, -0.2) is 5.01 Å². The van der Waals surface area contributed by atoms with Crippen molar-refractivity contribution in [3.63, 3.8) is 0 Å². The minimum atomic E-state index is -1.71. The third kappa shape index (κ3) is 2.42. The topological polar surface area (TPSA) is 117 Å². The van der Waals surface area contributed by atoms with E-state index in [9.17, 15) is 19.7 Å². The number of nitro benzene ring substituents is 1. The Bertz CT molecular complexity index is 1210. The molecule has 0 radical (unpaired) electrons. The molecule has 30 heavy (non-hydrogen) atoms. The van der Waals surface area contributed by atoms with Crippen molar-refractivity contribution in [3.8, 4) is 0 Å². The van der Waals surface area contributed by atoms with E-state index in [1.165, 1.54) is 23.2 Å². The first-order valence-corrected chi connectivity index (χ1v) is 9.14. The normalized spacial score (nSPS) is 19.0. The Kier molecular flexibility index (Phi) is 3.72. The van der Waals surface area contributed by atoms with Crippen molar-refractivity contribution in [1.29, 1.82) is 0 Å². The highest BCUT2D eigenvalue weighted by atomic mass is 16.6. The lowest BCUT2D eigenvalue weighted by molar-refractivity contribution is -0.384. The number of non-ortho nitro benzene ring substituents is 1. The van der Waals surface area contributed by atoms with E-state index < -0.39 is 22.4 Å². The largest absolute Gasteiger partial charge is 0.349 e. The summed E-state index contributed by atoms with van der Waals surface area (Å²) in [6.07, 6.45) is 0. The van der Waals surface area contributed by atoms with E-state index in [-0.39, 0.29) is 11.3 Å². The van der Waals surface area contributed by atoms with Crippen LogP contribution in [0.15, 0.2) is 72.8 Å². The Morgan fingerprint density at radius 2 is 1.67 bits per heavy atom. The Morgan fingerprint density at radius 1 is 0.933 bits per heavy atom. The van der Waals surface area contributed by atoms with E-state index in [1.807, 2.05) is 6.07 Å². The van der Waals surface area contributed by atoms with Gasteiger partial charge in [0.15, 0.2) is 0 Å². The fourth-order valence-electron chi connectivity index (χ4n) is 3.81. The van der Waals surface area contributed by atoms with Gasteiger partial charge in [0.05, 0.1) is 16.2 Å². The summed E-state index contributed by atoms with van der Waals surface area (Å²) in [6, 6.07) is 19.8. The number of rotatable bonds is 3. The first-order valence-electron chi connectivity index (χ1n) is 9.14. The number of carbonyl (C=O) groups is 2. The van der Waals surface area contributed by atoms with Gasteiger partial charge in [0, 0.05) is 29.1 Å². The number of hydrogen-bond donors (Lipinski definition) is 3. The predicted octanol–water partition coefficient (Wildman–Crippen LogP) is 3.29. The summed E-state index contributed by atoms with van der Waals surface area (Å²) in [7, 11) is 0. The number of hydrazine groups is 1. The summed E-state index contributed by atoms with van der Waals surface area (Å²) in [5.74, 6) is -0.966. The molecule has 2 heterocycles. The third-order valence-corrected chi connectivity index (χ3v) is 5.21. The molecule has 9 heteroatoms. The van der Waals surface area contributed by atoms with Gasteiger partial charge in [0.1, 0.15) is 0 Å². The molecule has 3 aromatic carbocycles. The molecule has 2 amide bonds. The van der Waals surface area contributed by atoms with Gasteiger partial charge in [-0.3, -0.25) is 25.1 Å². The van der Waals surface area contributed by atoms with E-state index in [4.69, 9.17) is 0 Å². The zero-order chi connectivity index (χ0) is 20.9. The van der Waals surface area contributed by atoms with E-state index in [0.717, 1.165) is 0 Å². The highest BCUT2D eigenvalue weighted by molar-refractivity contribution is 6.14. The minimum Gasteiger partial charge on any atom is -0.349 e. The van der Waals surface area contributed by atoms with Gasteiger partial charge in [-0.2, -0.15) is 0 Å². The van der Waals surface area contributed by atoms with Crippen LogP contribution in [0.3, 0.4) is 0 Å². The maximum absolute atomic E-state index is 13.5. The molecular formula is C21H15N5O4. The van der Waals surface area contributed by atoms with Gasteiger partial charge < -0.3 is 10.6 Å². The average Bonchev–Trinajstić information content (AvgIpc) is 3.03. The number of anilines is 3. The molecule has 1 unspecified atom stereocenters. The summed E-state index contributed by atoms with van der Waals surface area (Å²) in [5.41, 5.74) is 3.22. The maximum atomic E-state index is 13.5. The van der Waals surface area contributed by atoms with Gasteiger partial charge in [0.2, 0.25) is 5.66 Å². The highest BCUT2D eigenvalue weighted by Crippen LogP contribution is 2.46. The second-order valence-electron chi connectivity index (χ2n) is 6.94. The number of carbonyl (C=O) groups excluding carboxylic acids is 2. The van der Waals surface area contributed by atoms with E-state index in [2.05, 4.69) is 16.1 Å². The molecule has 3 aromatic rings. The Morgan fingerprint density at radius 3 is 2.43 bits per heavy atom. The van der Waals surface area contributed by atoms with Crippen molar-refractivity contribution < 1.29 is 14.5 Å². The molecule has 2 aliphatic heterocycles. The van der Waals surface area contributed by atoms with Crippen LogP contribution in [0.5, 0.6) is 0 Å². The van der Waals surface area contributed by atoms with Crippen LogP contribution in [0.25, 0.3) is 0 Å². The molecule has 0 aromatic heterocycles. The molecule has 1 spiro atoms. The van der Waals surface area contributed by atoms with Crippen molar-refractivity contribution in [2.75, 3.05) is 16.1 Å². The van der Waals surface area contributed by atoms with Gasteiger partial charge in [-0.05, 0) is 30.3 Å². The summed E-state index contributed by atoms with van der Waals surface area (Å²) < 4.78 is 0. The second kappa shape index (κ2) is 6.31. The Hall–Kier alpha value is -4.40. The SMILES string of the molecule is O=C1c2ccccc2NC2(C(=O)Nc3ccc([N+](=O)[O-])cc32)N1Nc1ccccc1. The number of hydrogen-bond acceptors (Lipinski definition) is 6. The zero-order valence-electron chi connectivity index (χ0n) is 15.5. The smallest absolute Gasteiger partial charge is 0.277 e. The third-order valence-electron chi connectivity index (χ3n) is 5.21. The van der Waals surface area contributed by atoms with Crippen LogP contribution in [0.2, 0.25) is 0 Å². The van der Waals surface area contributed by atoms with Crippen molar-refractivity contribution in [2.45, 2.75) is 5.66 Å². The first kappa shape index (κ1) is 17.7. The molecule has 5 rings (SSSR count). The van der Waals surface area contributed by atoms with Crippen LogP contribution >= 0.6 is 0 Å². The lowest BCUT2D eigenvalue weighted by Crippen LogP contribution is -2.63. The fraction of sp³-hybridized carbons (Fsp3) is 0.0476. The van der Waals surface area contributed by atoms with Crippen LogP contribution in [0.1, 0.15) is 15.9 Å². The molecule has 148 valence electrons. The van der Waals surface area contributed by atoms with E-state index >= 15 is 0 Å². The Labute approximate surface area is 170 Å². The van der Waals surface area contributed by atoms with Crippen LogP contribution in [-0.2, 0) is 10.5 Å². The van der Waals surface area contributed by atoms with Crippen LogP contribution < -0.4 is 16.1 Å². The molecule has 0 saturated heterocycles. The van der Waals surface area contributed by atoms with Crippen molar-refractivity contribution in [2.24, 2.45) is 0 Å². The van der Waals surface area contributed by atoms with Crippen molar-refractivity contribution in [3.05, 3.63) is 94.0 Å². The zero-order valence-corrected chi connectivity index (χ0v) is 15.5. The molecule has 0 bridgehead atoms. The summed E-state index contributed by atoms with van der Waals surface area (Å²) in [5, 5.41) is 18.4. The first-order chi connectivity index (χ1) is 14.5. The highest BCUT2D eigenvalue weighted by Gasteiger charge is 2.57. The summed E-state index contributed by atoms with van der Waals surface area (Å²) >= 11 is 0. The number of fused-ring (bicyclic) bond motifs is 3. The average molecular weight is 401 g/mol. The lowest BCUT2D eigenvalue weighted by Gasteiger charge is -2.44. The number of nitrogens with zero attached hydrogens (tertiary/aromatic N) is 2. The quantitative estimate of drug-likeness (QED) is 0.458. The van der Waals surface area contributed by atoms with Crippen LogP contribution in [0, 0.1) is 10.1 Å². The van der Waals surface area contributed by atoms with Gasteiger partial charge in [-0.15, -0.1) is 0 Å². The summed E-state index contributed by atoms with van der Waals surface area (Å²) in [6.45, 7) is 0. The lowest BCUT2D eigenvalue weighted by atomic mass is 9.94. The minimum absolute atomic E-state index is 0.183. The van der Waals surface area contributed by atoms with E-state index in [0.29, 0.717) is 22.6 Å². The van der Waals surface area contributed by atoms with Gasteiger partial charge in [0.25, 0.3) is 17.5 Å². The fourth-order valence-corrected chi connectivity index (χ4v) is 3.81. The maximum Gasteiger partial charge on any atom is 0.277 e. The van der Waals surface area contributed by atoms with Gasteiger partial charge >= 0.3 is 0 Å². The molecule has 3 N–H and O–H groups in total. The molecule has 0 fully saturated rings. The van der Waals surface area contributed by atoms with Crippen LogP contribution in [-0.4, -0.2) is 21.7 Å². The number of nitro groups is 1. The molecular weight excluding hydrogens is 386 g/mol. The molecule has 9 nitrogen and oxygen atoms in total. The van der Waals surface area contributed by atoms with E-state index in [1.54, 1.807) is 48.5 Å². The Balaban J connectivity index is 1.74. The molecule has 0 aliphatic carbocycles. The van der Waals surface area contributed by atoms with Gasteiger partial charge in [-0.1, -0.05) is 30.3 Å². The monoisotopic (exact) mass is 401 g/mol. The molecule has 1 atom stereocenters. The van der Waals surface area contributed by atoms with Crippen LogP contribution in [0.4, 0.5) is 22.7 Å². The molecule has 2 aliphatic rings. The second-order valence-corrected chi connectivity index (χ2v) is 6.94. The number of para-hydroxylation sites is 2. The standard InChI is InChI=1S/C21H15N5O4/c27-19-15-8-4-5-9-17(15)23-21(25(19)24-13-6-2-1-3-7-13)16-12-14(26(29)30)10-11-18(16)22-20(21)28/h1-12,23-24H,(H,22,28). The summed E-state index contributed by atoms with van der Waals surface area (Å²) in [4.78, 5) is 37.6. The number of amides is 2.